The van der Waals surface area contributed by atoms with E-state index in [0.717, 1.165) is 23.3 Å². The quantitative estimate of drug-likeness (QED) is 0.506. The van der Waals surface area contributed by atoms with Crippen molar-refractivity contribution in [1.82, 2.24) is 0 Å². The minimum atomic E-state index is -0.176. The van der Waals surface area contributed by atoms with E-state index in [0.29, 0.717) is 5.92 Å². The second kappa shape index (κ2) is 7.78. The van der Waals surface area contributed by atoms with Gasteiger partial charge in [-0.1, -0.05) is 42.5 Å². The molecule has 4 rings (SSSR count). The van der Waals surface area contributed by atoms with Crippen molar-refractivity contribution >= 4 is 0 Å². The highest BCUT2D eigenvalue weighted by Crippen LogP contribution is 2.48. The summed E-state index contributed by atoms with van der Waals surface area (Å²) in [6, 6.07) is 15.8. The summed E-state index contributed by atoms with van der Waals surface area (Å²) in [7, 11) is 0. The van der Waals surface area contributed by atoms with Gasteiger partial charge in [-0.3, -0.25) is 0 Å². The average Bonchev–Trinajstić information content (AvgIpc) is 2.94. The lowest BCUT2D eigenvalue weighted by atomic mass is 9.89. The predicted molar refractivity (Wildman–Crippen MR) is 108 cm³/mol. The molecule has 2 aliphatic carbocycles. The summed E-state index contributed by atoms with van der Waals surface area (Å²) in [5, 5.41) is 0. The van der Waals surface area contributed by atoms with Crippen molar-refractivity contribution in [1.29, 1.82) is 0 Å². The van der Waals surface area contributed by atoms with E-state index in [9.17, 15) is 4.39 Å². The van der Waals surface area contributed by atoms with Crippen LogP contribution < -0.4 is 0 Å². The Balaban J connectivity index is 1.41. The number of hydrogen-bond acceptors (Lipinski definition) is 0. The molecule has 2 aliphatic rings. The van der Waals surface area contributed by atoms with Crippen molar-refractivity contribution < 1.29 is 4.39 Å². The smallest absolute Gasteiger partial charge is 0.123 e. The van der Waals surface area contributed by atoms with Crippen LogP contribution in [0.25, 0.3) is 11.1 Å². The largest absolute Gasteiger partial charge is 0.207 e. The molecule has 0 bridgehead atoms. The van der Waals surface area contributed by atoms with E-state index in [1.54, 1.807) is 0 Å². The van der Waals surface area contributed by atoms with Crippen LogP contribution in [0.4, 0.5) is 4.39 Å². The molecule has 0 N–H and O–H groups in total. The lowest BCUT2D eigenvalue weighted by molar-refractivity contribution is 0.367. The highest BCUT2D eigenvalue weighted by atomic mass is 19.1. The van der Waals surface area contributed by atoms with Crippen LogP contribution in [0.3, 0.4) is 0 Å². The standard InChI is InChI=1S/C25H29F/c1-2-3-18-16-23-10-8-21(9-11-24(23)17-18)19-4-6-20(7-5-19)22-12-14-25(26)15-13-22/h2,4-7,12-15,18,21,23-24H,1,3,8-11,16-17H2. The van der Waals surface area contributed by atoms with E-state index in [4.69, 9.17) is 0 Å². The first-order valence-corrected chi connectivity index (χ1v) is 10.2. The zero-order valence-corrected chi connectivity index (χ0v) is 15.5. The molecule has 1 heteroatoms. The number of hydrogen-bond donors (Lipinski definition) is 0. The van der Waals surface area contributed by atoms with E-state index in [-0.39, 0.29) is 5.82 Å². The summed E-state index contributed by atoms with van der Waals surface area (Å²) in [6.07, 6.45) is 11.6. The Labute approximate surface area is 157 Å². The lowest BCUT2D eigenvalue weighted by Gasteiger charge is -2.16. The van der Waals surface area contributed by atoms with Gasteiger partial charge in [0.2, 0.25) is 0 Å². The predicted octanol–water partition coefficient (Wildman–Crippen LogP) is 7.37. The van der Waals surface area contributed by atoms with Gasteiger partial charge in [0.25, 0.3) is 0 Å². The van der Waals surface area contributed by atoms with Crippen molar-refractivity contribution in [2.45, 2.75) is 50.9 Å². The third kappa shape index (κ3) is 3.77. The zero-order valence-electron chi connectivity index (χ0n) is 15.5. The van der Waals surface area contributed by atoms with Crippen LogP contribution in [0.2, 0.25) is 0 Å². The summed E-state index contributed by atoms with van der Waals surface area (Å²) in [4.78, 5) is 0. The molecule has 0 amide bonds. The molecule has 0 saturated heterocycles. The molecular weight excluding hydrogens is 319 g/mol. The van der Waals surface area contributed by atoms with Crippen molar-refractivity contribution in [3.63, 3.8) is 0 Å². The van der Waals surface area contributed by atoms with Crippen molar-refractivity contribution in [3.05, 3.63) is 72.6 Å². The fourth-order valence-electron chi connectivity index (χ4n) is 5.37. The molecular formula is C25H29F. The minimum Gasteiger partial charge on any atom is -0.207 e. The normalized spacial score (nSPS) is 28.3. The summed E-state index contributed by atoms with van der Waals surface area (Å²) < 4.78 is 13.1. The Bertz CT molecular complexity index is 712. The van der Waals surface area contributed by atoms with Gasteiger partial charge in [0.15, 0.2) is 0 Å². The molecule has 2 atom stereocenters. The molecule has 0 radical (unpaired) electrons. The van der Waals surface area contributed by atoms with Gasteiger partial charge in [-0.2, -0.15) is 0 Å². The molecule has 136 valence electrons. The van der Waals surface area contributed by atoms with Crippen LogP contribution in [0.5, 0.6) is 0 Å². The third-order valence-corrected chi connectivity index (χ3v) is 6.77. The van der Waals surface area contributed by atoms with Gasteiger partial charge in [0.05, 0.1) is 0 Å². The summed E-state index contributed by atoms with van der Waals surface area (Å²) in [5.74, 6) is 3.33. The first-order valence-electron chi connectivity index (χ1n) is 10.2. The van der Waals surface area contributed by atoms with Crippen LogP contribution in [0.1, 0.15) is 56.4 Å². The first kappa shape index (κ1) is 17.5. The SMILES string of the molecule is C=CCC1CC2CCC(c3ccc(-c4ccc(F)cc4)cc3)CCC2C1. The fraction of sp³-hybridized carbons (Fsp3) is 0.440. The van der Waals surface area contributed by atoms with E-state index >= 15 is 0 Å². The van der Waals surface area contributed by atoms with Crippen molar-refractivity contribution in [2.24, 2.45) is 17.8 Å². The Morgan fingerprint density at radius 2 is 1.35 bits per heavy atom. The van der Waals surface area contributed by atoms with E-state index in [2.05, 4.69) is 36.9 Å². The van der Waals surface area contributed by atoms with E-state index in [1.807, 2.05) is 12.1 Å². The molecule has 0 aliphatic heterocycles. The highest BCUT2D eigenvalue weighted by molar-refractivity contribution is 5.63. The summed E-state index contributed by atoms with van der Waals surface area (Å²) >= 11 is 0. The number of benzene rings is 2. The van der Waals surface area contributed by atoms with Gasteiger partial charge >= 0.3 is 0 Å². The van der Waals surface area contributed by atoms with Crippen LogP contribution in [0.15, 0.2) is 61.2 Å². The molecule has 0 heterocycles. The number of rotatable bonds is 4. The second-order valence-corrected chi connectivity index (χ2v) is 8.36. The summed E-state index contributed by atoms with van der Waals surface area (Å²) in [5.41, 5.74) is 3.74. The monoisotopic (exact) mass is 348 g/mol. The third-order valence-electron chi connectivity index (χ3n) is 6.77. The highest BCUT2D eigenvalue weighted by Gasteiger charge is 2.35. The maximum absolute atomic E-state index is 13.1. The maximum atomic E-state index is 13.1. The Morgan fingerprint density at radius 3 is 1.88 bits per heavy atom. The molecule has 2 aromatic carbocycles. The van der Waals surface area contributed by atoms with Gasteiger partial charge in [-0.15, -0.1) is 6.58 Å². The molecule has 2 unspecified atom stereocenters. The maximum Gasteiger partial charge on any atom is 0.123 e. The molecule has 2 aromatic rings. The molecule has 0 spiro atoms. The molecule has 2 saturated carbocycles. The van der Waals surface area contributed by atoms with E-state index in [1.165, 1.54) is 68.2 Å². The van der Waals surface area contributed by atoms with Crippen LogP contribution in [0, 0.1) is 23.6 Å². The zero-order chi connectivity index (χ0) is 17.9. The average molecular weight is 349 g/mol. The Morgan fingerprint density at radius 1 is 0.808 bits per heavy atom. The van der Waals surface area contributed by atoms with Gasteiger partial charge in [0.1, 0.15) is 5.82 Å². The second-order valence-electron chi connectivity index (χ2n) is 8.36. The summed E-state index contributed by atoms with van der Waals surface area (Å²) in [6.45, 7) is 3.93. The van der Waals surface area contributed by atoms with Gasteiger partial charge < -0.3 is 0 Å². The molecule has 0 aromatic heterocycles. The Hall–Kier alpha value is -1.89. The van der Waals surface area contributed by atoms with Gasteiger partial charge in [-0.05, 0) is 97.4 Å². The lowest BCUT2D eigenvalue weighted by Crippen LogP contribution is -2.04. The molecule has 2 fully saturated rings. The minimum absolute atomic E-state index is 0.176. The first-order chi connectivity index (χ1) is 12.7. The topological polar surface area (TPSA) is 0 Å². The molecule has 0 nitrogen and oxygen atoms in total. The fourth-order valence-corrected chi connectivity index (χ4v) is 5.37. The Kier molecular flexibility index (Phi) is 5.24. The number of halogens is 1. The van der Waals surface area contributed by atoms with Gasteiger partial charge in [-0.25, -0.2) is 4.39 Å². The van der Waals surface area contributed by atoms with Crippen LogP contribution in [-0.4, -0.2) is 0 Å². The van der Waals surface area contributed by atoms with Crippen molar-refractivity contribution in [3.8, 4) is 11.1 Å². The van der Waals surface area contributed by atoms with Crippen molar-refractivity contribution in [2.75, 3.05) is 0 Å². The van der Waals surface area contributed by atoms with Gasteiger partial charge in [0, 0.05) is 0 Å². The van der Waals surface area contributed by atoms with E-state index < -0.39 is 0 Å². The van der Waals surface area contributed by atoms with Crippen LogP contribution in [-0.2, 0) is 0 Å². The number of fused-ring (bicyclic) bond motifs is 1. The number of allylic oxidation sites excluding steroid dienone is 1. The molecule has 26 heavy (non-hydrogen) atoms. The van der Waals surface area contributed by atoms with Crippen LogP contribution >= 0.6 is 0 Å².